The second-order valence-electron chi connectivity index (χ2n) is 4.28. The Bertz CT molecular complexity index is 343. The molecule has 3 nitrogen and oxygen atoms in total. The molecule has 0 amide bonds. The van der Waals surface area contributed by atoms with E-state index in [4.69, 9.17) is 0 Å². The van der Waals surface area contributed by atoms with Crippen molar-refractivity contribution in [3.05, 3.63) is 18.1 Å². The summed E-state index contributed by atoms with van der Waals surface area (Å²) < 4.78 is 0. The summed E-state index contributed by atoms with van der Waals surface area (Å²) in [6.07, 6.45) is 6.95. The molecule has 0 N–H and O–H groups in total. The molecule has 0 saturated carbocycles. The van der Waals surface area contributed by atoms with Crippen LogP contribution < -0.4 is 4.90 Å². The molecule has 1 aliphatic heterocycles. The molecular weight excluding hydrogens is 266 g/mol. The highest BCUT2D eigenvalue weighted by Gasteiger charge is 2.24. The van der Waals surface area contributed by atoms with Crippen molar-refractivity contribution in [1.82, 2.24) is 9.97 Å². The van der Waals surface area contributed by atoms with Gasteiger partial charge in [-0.25, -0.2) is 9.97 Å². The normalized spacial score (nSPS) is 20.4. The number of halogens is 1. The summed E-state index contributed by atoms with van der Waals surface area (Å²) in [6.45, 7) is 3.09. The zero-order valence-corrected chi connectivity index (χ0v) is 11.3. The standard InChI is InChI=1S/C12H18BrN3/c1-10-14-8-6-12(15-10)16-9-3-5-11(16)4-2-7-13/h6,8,11H,2-5,7,9H2,1H3. The Labute approximate surface area is 105 Å². The molecule has 1 aliphatic rings. The van der Waals surface area contributed by atoms with Gasteiger partial charge in [-0.2, -0.15) is 0 Å². The topological polar surface area (TPSA) is 29.0 Å². The van der Waals surface area contributed by atoms with Crippen molar-refractivity contribution < 1.29 is 0 Å². The number of anilines is 1. The molecule has 0 radical (unpaired) electrons. The third kappa shape index (κ3) is 2.73. The van der Waals surface area contributed by atoms with Crippen LogP contribution in [0.5, 0.6) is 0 Å². The van der Waals surface area contributed by atoms with Crippen LogP contribution in [0.1, 0.15) is 31.5 Å². The van der Waals surface area contributed by atoms with E-state index in [0.29, 0.717) is 6.04 Å². The van der Waals surface area contributed by atoms with E-state index in [0.717, 1.165) is 23.5 Å². The maximum atomic E-state index is 4.52. The van der Waals surface area contributed by atoms with Gasteiger partial charge in [0.1, 0.15) is 11.6 Å². The second kappa shape index (κ2) is 5.62. The van der Waals surface area contributed by atoms with Crippen LogP contribution in [-0.4, -0.2) is 27.9 Å². The fourth-order valence-corrected chi connectivity index (χ4v) is 2.68. The van der Waals surface area contributed by atoms with E-state index in [9.17, 15) is 0 Å². The minimum atomic E-state index is 0.673. The molecule has 0 bridgehead atoms. The predicted molar refractivity (Wildman–Crippen MR) is 70.2 cm³/mol. The Morgan fingerprint density at radius 1 is 1.56 bits per heavy atom. The maximum Gasteiger partial charge on any atom is 0.132 e. The highest BCUT2D eigenvalue weighted by Crippen LogP contribution is 2.26. The minimum Gasteiger partial charge on any atom is -0.354 e. The summed E-state index contributed by atoms with van der Waals surface area (Å²) in [5.74, 6) is 1.97. The monoisotopic (exact) mass is 283 g/mol. The first-order valence-corrected chi connectivity index (χ1v) is 7.05. The van der Waals surface area contributed by atoms with Gasteiger partial charge in [-0.3, -0.25) is 0 Å². The molecule has 1 saturated heterocycles. The number of rotatable bonds is 4. The van der Waals surface area contributed by atoms with Gasteiger partial charge in [-0.1, -0.05) is 15.9 Å². The van der Waals surface area contributed by atoms with Crippen molar-refractivity contribution >= 4 is 21.7 Å². The van der Waals surface area contributed by atoms with Gasteiger partial charge in [0.2, 0.25) is 0 Å². The summed E-state index contributed by atoms with van der Waals surface area (Å²) in [6, 6.07) is 2.70. The lowest BCUT2D eigenvalue weighted by Gasteiger charge is -2.25. The van der Waals surface area contributed by atoms with Gasteiger partial charge in [0.05, 0.1) is 0 Å². The summed E-state index contributed by atoms with van der Waals surface area (Å²) in [7, 11) is 0. The second-order valence-corrected chi connectivity index (χ2v) is 5.08. The molecule has 0 spiro atoms. The first kappa shape index (κ1) is 11.8. The molecule has 1 atom stereocenters. The van der Waals surface area contributed by atoms with E-state index < -0.39 is 0 Å². The SMILES string of the molecule is Cc1nccc(N2CCCC2CCCBr)n1. The fraction of sp³-hybridized carbons (Fsp3) is 0.667. The van der Waals surface area contributed by atoms with Crippen molar-refractivity contribution in [3.63, 3.8) is 0 Å². The van der Waals surface area contributed by atoms with Gasteiger partial charge in [0.25, 0.3) is 0 Å². The van der Waals surface area contributed by atoms with Crippen molar-refractivity contribution in [3.8, 4) is 0 Å². The minimum absolute atomic E-state index is 0.673. The molecule has 2 rings (SSSR count). The van der Waals surface area contributed by atoms with E-state index in [2.05, 4.69) is 30.8 Å². The molecule has 1 aromatic rings. The van der Waals surface area contributed by atoms with Crippen LogP contribution in [0.4, 0.5) is 5.82 Å². The maximum absolute atomic E-state index is 4.52. The van der Waals surface area contributed by atoms with E-state index in [1.54, 1.807) is 0 Å². The number of aryl methyl sites for hydroxylation is 1. The predicted octanol–water partition coefficient (Wildman–Crippen LogP) is 2.93. The van der Waals surface area contributed by atoms with Crippen LogP contribution in [0.25, 0.3) is 0 Å². The largest absolute Gasteiger partial charge is 0.354 e. The Balaban J connectivity index is 2.07. The van der Waals surface area contributed by atoms with Gasteiger partial charge in [0, 0.05) is 24.1 Å². The highest BCUT2D eigenvalue weighted by atomic mass is 79.9. The summed E-state index contributed by atoms with van der Waals surface area (Å²) in [5.41, 5.74) is 0. The zero-order chi connectivity index (χ0) is 11.4. The van der Waals surface area contributed by atoms with Crippen LogP contribution in [0.2, 0.25) is 0 Å². The molecule has 4 heteroatoms. The van der Waals surface area contributed by atoms with Crippen molar-refractivity contribution in [2.75, 3.05) is 16.8 Å². The molecule has 16 heavy (non-hydrogen) atoms. The number of alkyl halides is 1. The van der Waals surface area contributed by atoms with Crippen molar-refractivity contribution in [2.24, 2.45) is 0 Å². The van der Waals surface area contributed by atoms with Gasteiger partial charge in [0.15, 0.2) is 0 Å². The molecule has 1 aromatic heterocycles. The van der Waals surface area contributed by atoms with E-state index in [1.165, 1.54) is 25.7 Å². The Kier molecular flexibility index (Phi) is 4.16. The Hall–Kier alpha value is -0.640. The molecule has 1 fully saturated rings. The third-order valence-corrected chi connectivity index (χ3v) is 3.66. The summed E-state index contributed by atoms with van der Waals surface area (Å²) in [4.78, 5) is 11.1. The first-order chi connectivity index (χ1) is 7.81. The average Bonchev–Trinajstić information content (AvgIpc) is 2.74. The van der Waals surface area contributed by atoms with Crippen molar-refractivity contribution in [1.29, 1.82) is 0 Å². The van der Waals surface area contributed by atoms with Crippen LogP contribution in [0.15, 0.2) is 12.3 Å². The fourth-order valence-electron chi connectivity index (χ4n) is 2.35. The van der Waals surface area contributed by atoms with Gasteiger partial charge in [-0.05, 0) is 38.7 Å². The van der Waals surface area contributed by atoms with Gasteiger partial charge < -0.3 is 4.90 Å². The Morgan fingerprint density at radius 3 is 3.19 bits per heavy atom. The van der Waals surface area contributed by atoms with E-state index in [1.807, 2.05) is 19.2 Å². The van der Waals surface area contributed by atoms with Crippen molar-refractivity contribution in [2.45, 2.75) is 38.6 Å². The first-order valence-electron chi connectivity index (χ1n) is 5.93. The zero-order valence-electron chi connectivity index (χ0n) is 9.69. The quantitative estimate of drug-likeness (QED) is 0.796. The molecule has 0 aliphatic carbocycles. The van der Waals surface area contributed by atoms with Crippen LogP contribution in [0.3, 0.4) is 0 Å². The number of aromatic nitrogens is 2. The molecule has 88 valence electrons. The lowest BCUT2D eigenvalue weighted by atomic mass is 10.1. The highest BCUT2D eigenvalue weighted by molar-refractivity contribution is 9.09. The molecule has 0 aromatic carbocycles. The van der Waals surface area contributed by atoms with E-state index in [-0.39, 0.29) is 0 Å². The lowest BCUT2D eigenvalue weighted by molar-refractivity contribution is 0.599. The smallest absolute Gasteiger partial charge is 0.132 e. The third-order valence-electron chi connectivity index (χ3n) is 3.10. The van der Waals surface area contributed by atoms with Crippen LogP contribution in [0, 0.1) is 6.92 Å². The molecule has 1 unspecified atom stereocenters. The van der Waals surface area contributed by atoms with Gasteiger partial charge >= 0.3 is 0 Å². The molecular formula is C12H18BrN3. The average molecular weight is 284 g/mol. The summed E-state index contributed by atoms with van der Waals surface area (Å²) >= 11 is 3.50. The summed E-state index contributed by atoms with van der Waals surface area (Å²) in [5, 5.41) is 1.10. The van der Waals surface area contributed by atoms with Crippen LogP contribution in [-0.2, 0) is 0 Å². The number of hydrogen-bond donors (Lipinski definition) is 0. The van der Waals surface area contributed by atoms with Crippen LogP contribution >= 0.6 is 15.9 Å². The van der Waals surface area contributed by atoms with E-state index >= 15 is 0 Å². The lowest BCUT2D eigenvalue weighted by Crippen LogP contribution is -2.30. The van der Waals surface area contributed by atoms with Gasteiger partial charge in [-0.15, -0.1) is 0 Å². The molecule has 2 heterocycles. The number of nitrogens with zero attached hydrogens (tertiary/aromatic N) is 3. The Morgan fingerprint density at radius 2 is 2.44 bits per heavy atom. The number of hydrogen-bond acceptors (Lipinski definition) is 3.